The quantitative estimate of drug-likeness (QED) is 0.107. The fraction of sp³-hybridized carbons (Fsp3) is 0. The zero-order chi connectivity index (χ0) is 66.1. The van der Waals surface area contributed by atoms with Crippen molar-refractivity contribution in [2.75, 3.05) is 9.80 Å². The summed E-state index contributed by atoms with van der Waals surface area (Å²) in [6.45, 7) is 7.95. The van der Waals surface area contributed by atoms with E-state index >= 15 is 0 Å². The van der Waals surface area contributed by atoms with Crippen molar-refractivity contribution in [1.82, 2.24) is 13.7 Å². The number of aromatic nitrogens is 3. The zero-order valence-electron chi connectivity index (χ0n) is 54.0. The molecule has 0 amide bonds. The van der Waals surface area contributed by atoms with E-state index in [1.54, 1.807) is 0 Å². The number of para-hydroxylation sites is 2. The third-order valence-corrected chi connectivity index (χ3v) is 20.8. The summed E-state index contributed by atoms with van der Waals surface area (Å²) in [5, 5.41) is 17.0. The third kappa shape index (κ3) is 8.78. The summed E-state index contributed by atoms with van der Waals surface area (Å²) in [7, 11) is 0. The molecule has 100 heavy (non-hydrogen) atoms. The average Bonchev–Trinajstić information content (AvgIpc) is 0.727. The van der Waals surface area contributed by atoms with Crippen molar-refractivity contribution in [3.05, 3.63) is 357 Å². The van der Waals surface area contributed by atoms with E-state index in [4.69, 9.17) is 6.57 Å². The maximum Gasteiger partial charge on any atom is 0.252 e. The van der Waals surface area contributed by atoms with Gasteiger partial charge in [0.05, 0.1) is 57.0 Å². The Hall–Kier alpha value is -13.7. The lowest BCUT2D eigenvalue weighted by Gasteiger charge is -2.44. The van der Waals surface area contributed by atoms with E-state index in [0.717, 1.165) is 150 Å². The summed E-state index contributed by atoms with van der Waals surface area (Å²) in [4.78, 5) is 9.04. The highest BCUT2D eigenvalue weighted by Gasteiger charge is 2.44. The Morgan fingerprint density at radius 2 is 0.610 bits per heavy atom. The van der Waals surface area contributed by atoms with Crippen LogP contribution in [0.15, 0.2) is 340 Å². The van der Waals surface area contributed by atoms with Crippen molar-refractivity contribution in [1.29, 1.82) is 5.26 Å². The van der Waals surface area contributed by atoms with Gasteiger partial charge in [0.15, 0.2) is 5.69 Å². The fourth-order valence-corrected chi connectivity index (χ4v) is 16.3. The van der Waals surface area contributed by atoms with Gasteiger partial charge in [-0.3, -0.25) is 0 Å². The molecule has 0 saturated heterocycles. The van der Waals surface area contributed by atoms with Gasteiger partial charge in [0.2, 0.25) is 0 Å². The van der Waals surface area contributed by atoms with Gasteiger partial charge >= 0.3 is 0 Å². The van der Waals surface area contributed by atoms with Crippen molar-refractivity contribution in [3.63, 3.8) is 0 Å². The average molecular weight is 1270 g/mol. The highest BCUT2D eigenvalue weighted by molar-refractivity contribution is 7.00. The molecule has 0 bridgehead atoms. The Kier molecular flexibility index (Phi) is 12.7. The van der Waals surface area contributed by atoms with Crippen LogP contribution in [0.4, 0.5) is 39.8 Å². The first kappa shape index (κ1) is 56.7. The Bertz CT molecular complexity index is 6090. The lowest BCUT2D eigenvalue weighted by Crippen LogP contribution is -2.61. The molecule has 0 spiro atoms. The maximum atomic E-state index is 10.5. The lowest BCUT2D eigenvalue weighted by molar-refractivity contribution is 1.15. The van der Waals surface area contributed by atoms with Gasteiger partial charge < -0.3 is 23.5 Å². The highest BCUT2D eigenvalue weighted by atomic mass is 15.2. The molecule has 8 heteroatoms. The van der Waals surface area contributed by atoms with Gasteiger partial charge in [-0.2, -0.15) is 5.26 Å². The predicted molar refractivity (Wildman–Crippen MR) is 416 cm³/mol. The summed E-state index contributed by atoms with van der Waals surface area (Å²) >= 11 is 0. The molecule has 2 aliphatic heterocycles. The summed E-state index contributed by atoms with van der Waals surface area (Å²) in [5.74, 6) is 0. The molecule has 0 fully saturated rings. The van der Waals surface area contributed by atoms with E-state index in [9.17, 15) is 5.26 Å². The van der Waals surface area contributed by atoms with Gasteiger partial charge in [-0.05, 0) is 194 Å². The molecular formula is C92H56BN7. The van der Waals surface area contributed by atoms with E-state index < -0.39 is 0 Å². The second kappa shape index (κ2) is 22.5. The standard InChI is InChI=1S/C92H56BN7/c1-95-68-37-49-87-79(53-68)78-52-67(63-24-12-5-13-25-63)36-48-86(78)99(87)72-43-45-81-89(55-72)97(70-40-33-65(34-41-70)61-20-8-3-9-21-61)91-57-73(100-82-28-16-14-26-74(82)75-27-15-17-29-83(75)100)56-90-92(91)93(81)80-44-42-71(54-88(80)96(90)69-38-31-64(32-39-69)60-18-6-2-7-19-60)98-84-46-30-59(58-94)50-76(84)77-51-66(35-47-85(77)98)62-22-10-4-11-23-62/h2-57H. The van der Waals surface area contributed by atoms with Gasteiger partial charge in [0, 0.05) is 72.4 Å². The minimum absolute atomic E-state index is 0.262. The first-order valence-electron chi connectivity index (χ1n) is 33.9. The maximum absolute atomic E-state index is 10.5. The Balaban J connectivity index is 0.890. The summed E-state index contributed by atoms with van der Waals surface area (Å²) in [5.41, 5.74) is 29.5. The van der Waals surface area contributed by atoms with Crippen molar-refractivity contribution < 1.29 is 0 Å². The van der Waals surface area contributed by atoms with Crippen molar-refractivity contribution >= 4 is 128 Å². The Labute approximate surface area is 577 Å². The number of rotatable bonds is 9. The molecule has 7 nitrogen and oxygen atoms in total. The van der Waals surface area contributed by atoms with Crippen LogP contribution < -0.4 is 26.2 Å². The molecule has 0 aliphatic carbocycles. The first-order chi connectivity index (χ1) is 49.5. The molecule has 20 rings (SSSR count). The van der Waals surface area contributed by atoms with Crippen LogP contribution in [0.3, 0.4) is 0 Å². The van der Waals surface area contributed by atoms with Gasteiger partial charge in [-0.25, -0.2) is 4.85 Å². The van der Waals surface area contributed by atoms with Crippen LogP contribution in [0.25, 0.3) is 132 Å². The number of fused-ring (bicyclic) bond motifs is 13. The van der Waals surface area contributed by atoms with E-state index in [2.05, 4.69) is 362 Å². The number of hydrogen-bond donors (Lipinski definition) is 0. The molecule has 462 valence electrons. The Morgan fingerprint density at radius 1 is 0.270 bits per heavy atom. The van der Waals surface area contributed by atoms with Crippen molar-refractivity contribution in [3.8, 4) is 67.6 Å². The number of nitrogens with zero attached hydrogens (tertiary/aromatic N) is 7. The van der Waals surface area contributed by atoms with E-state index in [1.165, 1.54) is 27.2 Å². The molecule has 0 atom stereocenters. The van der Waals surface area contributed by atoms with Crippen LogP contribution in [-0.4, -0.2) is 20.4 Å². The molecule has 0 radical (unpaired) electrons. The molecule has 5 heterocycles. The molecule has 15 aromatic carbocycles. The molecule has 0 saturated carbocycles. The second-order valence-corrected chi connectivity index (χ2v) is 26.2. The molecule has 18 aromatic rings. The lowest BCUT2D eigenvalue weighted by atomic mass is 9.33. The number of hydrogen-bond acceptors (Lipinski definition) is 3. The van der Waals surface area contributed by atoms with Crippen molar-refractivity contribution in [2.45, 2.75) is 0 Å². The minimum Gasteiger partial charge on any atom is -0.311 e. The van der Waals surface area contributed by atoms with E-state index in [0.29, 0.717) is 11.3 Å². The summed E-state index contributed by atoms with van der Waals surface area (Å²) in [6.07, 6.45) is 0. The van der Waals surface area contributed by atoms with Crippen LogP contribution in [-0.2, 0) is 0 Å². The number of anilines is 6. The highest BCUT2D eigenvalue weighted by Crippen LogP contribution is 2.49. The van der Waals surface area contributed by atoms with Gasteiger partial charge in [0.1, 0.15) is 0 Å². The topological polar surface area (TPSA) is 49.4 Å². The van der Waals surface area contributed by atoms with Crippen LogP contribution in [0.5, 0.6) is 0 Å². The van der Waals surface area contributed by atoms with Gasteiger partial charge in [-0.15, -0.1) is 0 Å². The SMILES string of the molecule is [C-]#[N+]c1ccc2c(c1)c1cc(-c3ccccc3)ccc1n2-c1ccc2c(c1)N(c1ccc(-c3ccccc3)cc1)c1cc(-n3c4ccccc4c4ccccc43)cc3c1B2c1ccc(-n2c4ccc(C#N)cc4c4cc(-c5ccccc5)ccc42)cc1N3c1ccc(-c2ccccc2)cc1. The predicted octanol–water partition coefficient (Wildman–Crippen LogP) is 22.2. The van der Waals surface area contributed by atoms with Crippen molar-refractivity contribution in [2.24, 2.45) is 0 Å². The molecular weight excluding hydrogens is 1210 g/mol. The number of nitriles is 1. The second-order valence-electron chi connectivity index (χ2n) is 26.2. The van der Waals surface area contributed by atoms with Crippen LogP contribution in [0.2, 0.25) is 0 Å². The molecule has 0 unspecified atom stereocenters. The molecule has 2 aliphatic rings. The summed E-state index contributed by atoms with van der Waals surface area (Å²) in [6, 6.07) is 126. The van der Waals surface area contributed by atoms with Gasteiger partial charge in [0.25, 0.3) is 6.71 Å². The molecule has 0 N–H and O–H groups in total. The minimum atomic E-state index is -0.262. The van der Waals surface area contributed by atoms with Crippen LogP contribution in [0, 0.1) is 17.9 Å². The first-order valence-corrected chi connectivity index (χ1v) is 33.9. The smallest absolute Gasteiger partial charge is 0.252 e. The largest absolute Gasteiger partial charge is 0.311 e. The van der Waals surface area contributed by atoms with E-state index in [1.807, 2.05) is 12.1 Å². The van der Waals surface area contributed by atoms with Crippen LogP contribution in [0.1, 0.15) is 5.56 Å². The normalized spacial score (nSPS) is 12.3. The number of benzene rings is 15. The van der Waals surface area contributed by atoms with E-state index in [-0.39, 0.29) is 6.71 Å². The Morgan fingerprint density at radius 3 is 1.06 bits per heavy atom. The third-order valence-electron chi connectivity index (χ3n) is 20.8. The zero-order valence-corrected chi connectivity index (χ0v) is 54.0. The summed E-state index contributed by atoms with van der Waals surface area (Å²) < 4.78 is 7.26. The van der Waals surface area contributed by atoms with Gasteiger partial charge in [-0.1, -0.05) is 212 Å². The monoisotopic (exact) mass is 1270 g/mol. The molecule has 3 aromatic heterocycles. The fourth-order valence-electron chi connectivity index (χ4n) is 16.3. The van der Waals surface area contributed by atoms with Crippen LogP contribution >= 0.6 is 0 Å².